The minimum absolute atomic E-state index is 0. The van der Waals surface area contributed by atoms with E-state index in [0.717, 1.165) is 5.57 Å². The number of ether oxygens (including phenoxy) is 1. The average Bonchev–Trinajstić information content (AvgIpc) is 2.91. The third kappa shape index (κ3) is 5.21. The van der Waals surface area contributed by atoms with E-state index >= 15 is 0 Å². The normalized spacial score (nSPS) is 11.4. The van der Waals surface area contributed by atoms with Crippen LogP contribution >= 0.6 is 0 Å². The number of methoxy groups -OCH3 is 1. The maximum atomic E-state index is 8.91. The third-order valence-corrected chi connectivity index (χ3v) is 1.66. The molecule has 0 heterocycles. The fourth-order valence-corrected chi connectivity index (χ4v) is 0.955. The molecule has 2 nitrogen and oxygen atoms in total. The topological polar surface area (TPSA) is 29.5 Å². The maximum absolute atomic E-state index is 8.91. The maximum Gasteiger partial charge on any atom is 0.283 e. The van der Waals surface area contributed by atoms with E-state index in [0.29, 0.717) is 0 Å². The summed E-state index contributed by atoms with van der Waals surface area (Å²) in [5.41, 5.74) is 0.720. The Kier molecular flexibility index (Phi) is 7.33. The van der Waals surface area contributed by atoms with Crippen LogP contribution < -0.4 is 0 Å². The summed E-state index contributed by atoms with van der Waals surface area (Å²) in [6.45, 7) is 0. The Balaban J connectivity index is 0.000000280. The van der Waals surface area contributed by atoms with Crippen molar-refractivity contribution in [1.82, 2.24) is 0 Å². The van der Waals surface area contributed by atoms with Crippen LogP contribution in [0.2, 0.25) is 0 Å². The largest absolute Gasteiger partial charge is 0.481 e. The van der Waals surface area contributed by atoms with Crippen LogP contribution in [0.3, 0.4) is 0 Å². The van der Waals surface area contributed by atoms with Gasteiger partial charge in [0.1, 0.15) is 0 Å². The SMILES string of the molecule is COC(O)=C1C=CC=C1.[Fe].c1cc[cH-]c1. The molecule has 1 aromatic rings. The Morgan fingerprint density at radius 1 is 1.20 bits per heavy atom. The molecule has 15 heavy (non-hydrogen) atoms. The van der Waals surface area contributed by atoms with Crippen molar-refractivity contribution in [2.75, 3.05) is 7.11 Å². The molecule has 1 aliphatic carbocycles. The van der Waals surface area contributed by atoms with E-state index in [2.05, 4.69) is 4.74 Å². The van der Waals surface area contributed by atoms with Crippen LogP contribution in [0.1, 0.15) is 0 Å². The molecule has 3 heteroatoms. The second kappa shape index (κ2) is 8.04. The molecule has 0 fully saturated rings. The summed E-state index contributed by atoms with van der Waals surface area (Å²) in [6, 6.07) is 10.0. The Morgan fingerprint density at radius 3 is 2.07 bits per heavy atom. The quantitative estimate of drug-likeness (QED) is 0.468. The van der Waals surface area contributed by atoms with Crippen LogP contribution in [0.5, 0.6) is 0 Å². The van der Waals surface area contributed by atoms with E-state index in [4.69, 9.17) is 5.11 Å². The molecule has 0 aliphatic heterocycles. The average molecular weight is 245 g/mol. The summed E-state index contributed by atoms with van der Waals surface area (Å²) in [6.07, 6.45) is 7.23. The van der Waals surface area contributed by atoms with E-state index in [9.17, 15) is 0 Å². The van der Waals surface area contributed by atoms with Crippen molar-refractivity contribution in [3.8, 4) is 0 Å². The fourth-order valence-electron chi connectivity index (χ4n) is 0.955. The minimum atomic E-state index is -0.0278. The second-order valence-electron chi connectivity index (χ2n) is 2.65. The summed E-state index contributed by atoms with van der Waals surface area (Å²) in [4.78, 5) is 0. The number of hydrogen-bond acceptors (Lipinski definition) is 2. The smallest absolute Gasteiger partial charge is 0.283 e. The monoisotopic (exact) mass is 245 g/mol. The number of rotatable bonds is 1. The molecule has 0 spiro atoms. The van der Waals surface area contributed by atoms with E-state index in [1.54, 1.807) is 12.2 Å². The first kappa shape index (κ1) is 13.7. The molecule has 0 aromatic heterocycles. The van der Waals surface area contributed by atoms with Gasteiger partial charge in [0.2, 0.25) is 0 Å². The summed E-state index contributed by atoms with van der Waals surface area (Å²) < 4.78 is 4.57. The van der Waals surface area contributed by atoms with Crippen molar-refractivity contribution >= 4 is 0 Å². The number of aliphatic hydroxyl groups excluding tert-OH is 1. The molecule has 2 rings (SSSR count). The van der Waals surface area contributed by atoms with Gasteiger partial charge < -0.3 is 9.84 Å². The van der Waals surface area contributed by atoms with Gasteiger partial charge in [0, 0.05) is 17.1 Å². The van der Waals surface area contributed by atoms with Crippen LogP contribution in [-0.4, -0.2) is 12.2 Å². The zero-order valence-corrected chi connectivity index (χ0v) is 9.51. The first-order valence-corrected chi connectivity index (χ1v) is 4.33. The van der Waals surface area contributed by atoms with E-state index < -0.39 is 0 Å². The van der Waals surface area contributed by atoms with Crippen molar-refractivity contribution in [2.45, 2.75) is 0 Å². The van der Waals surface area contributed by atoms with E-state index in [1.165, 1.54) is 7.11 Å². The Hall–Kier alpha value is -1.31. The van der Waals surface area contributed by atoms with Gasteiger partial charge in [-0.05, 0) is 12.2 Å². The summed E-state index contributed by atoms with van der Waals surface area (Å²) in [5, 5.41) is 8.91. The molecule has 0 bridgehead atoms. The number of allylic oxidation sites excluding steroid dienone is 5. The van der Waals surface area contributed by atoms with Crippen LogP contribution in [-0.2, 0) is 21.8 Å². The number of hydrogen-bond donors (Lipinski definition) is 1. The fraction of sp³-hybridized carbons (Fsp3) is 0.0833. The Bertz CT molecular complexity index is 303. The number of aliphatic hydroxyl groups is 1. The van der Waals surface area contributed by atoms with Gasteiger partial charge in [-0.15, -0.1) is 0 Å². The molecular formula is C12H13FeO2-. The van der Waals surface area contributed by atoms with Gasteiger partial charge in [-0.3, -0.25) is 0 Å². The summed E-state index contributed by atoms with van der Waals surface area (Å²) in [5.74, 6) is -0.0278. The van der Waals surface area contributed by atoms with Gasteiger partial charge in [0.25, 0.3) is 5.95 Å². The first-order chi connectivity index (χ1) is 6.84. The van der Waals surface area contributed by atoms with Crippen LogP contribution in [0, 0.1) is 0 Å². The zero-order valence-electron chi connectivity index (χ0n) is 8.41. The van der Waals surface area contributed by atoms with Gasteiger partial charge in [-0.2, -0.15) is 18.2 Å². The molecule has 1 aliphatic rings. The summed E-state index contributed by atoms with van der Waals surface area (Å²) >= 11 is 0. The molecule has 0 unspecified atom stereocenters. The van der Waals surface area contributed by atoms with Gasteiger partial charge >= 0.3 is 0 Å². The van der Waals surface area contributed by atoms with Gasteiger partial charge in [-0.1, -0.05) is 12.2 Å². The predicted octanol–water partition coefficient (Wildman–Crippen LogP) is 2.93. The molecule has 82 valence electrons. The molecular weight excluding hydrogens is 232 g/mol. The Labute approximate surface area is 100 Å². The second-order valence-corrected chi connectivity index (χ2v) is 2.65. The minimum Gasteiger partial charge on any atom is -0.481 e. The van der Waals surface area contributed by atoms with Crippen LogP contribution in [0.15, 0.2) is 66.2 Å². The van der Waals surface area contributed by atoms with Gasteiger partial charge in [-0.25, -0.2) is 12.1 Å². The molecule has 0 saturated heterocycles. The van der Waals surface area contributed by atoms with Crippen molar-refractivity contribution in [1.29, 1.82) is 0 Å². The van der Waals surface area contributed by atoms with Crippen molar-refractivity contribution < 1.29 is 26.9 Å². The van der Waals surface area contributed by atoms with Crippen molar-refractivity contribution in [3.05, 3.63) is 66.2 Å². The summed E-state index contributed by atoms with van der Waals surface area (Å²) in [7, 11) is 1.43. The molecule has 0 radical (unpaired) electrons. The van der Waals surface area contributed by atoms with Gasteiger partial charge in [0.05, 0.1) is 12.7 Å². The van der Waals surface area contributed by atoms with E-state index in [1.807, 2.05) is 42.5 Å². The van der Waals surface area contributed by atoms with E-state index in [-0.39, 0.29) is 23.0 Å². The molecule has 0 atom stereocenters. The standard InChI is InChI=1S/C7H8O2.C5H5.Fe/c1-9-7(8)6-4-2-3-5-6;1-2-4-5-3-1;/h2-5,8H,1H3;1-5H;/q;-1;. The molecule has 0 amide bonds. The van der Waals surface area contributed by atoms with Crippen molar-refractivity contribution in [3.63, 3.8) is 0 Å². The van der Waals surface area contributed by atoms with Crippen LogP contribution in [0.25, 0.3) is 0 Å². The molecule has 0 saturated carbocycles. The third-order valence-electron chi connectivity index (χ3n) is 1.66. The first-order valence-electron chi connectivity index (χ1n) is 4.33. The van der Waals surface area contributed by atoms with Gasteiger partial charge in [0.15, 0.2) is 0 Å². The molecule has 1 N–H and O–H groups in total. The van der Waals surface area contributed by atoms with Crippen LogP contribution in [0.4, 0.5) is 0 Å². The van der Waals surface area contributed by atoms with Crippen molar-refractivity contribution in [2.24, 2.45) is 0 Å². The molecule has 1 aromatic carbocycles. The Morgan fingerprint density at radius 2 is 1.73 bits per heavy atom. The zero-order chi connectivity index (χ0) is 10.2. The predicted molar refractivity (Wildman–Crippen MR) is 57.0 cm³/mol.